The summed E-state index contributed by atoms with van der Waals surface area (Å²) in [5.74, 6) is -2.12. The number of ether oxygens (including phenoxy) is 1. The van der Waals surface area contributed by atoms with E-state index in [1.54, 1.807) is 18.7 Å². The first-order chi connectivity index (χ1) is 11.4. The van der Waals surface area contributed by atoms with Gasteiger partial charge in [-0.3, -0.25) is 14.5 Å². The van der Waals surface area contributed by atoms with Crippen molar-refractivity contribution in [3.63, 3.8) is 0 Å². The number of carboxylic acids is 1. The number of carboxylic acid groups (broad SMARTS) is 1. The van der Waals surface area contributed by atoms with Crippen LogP contribution in [-0.4, -0.2) is 84.7 Å². The molecule has 2 N–H and O–H groups in total. The number of aliphatic carboxylic acids is 1. The SMILES string of the molecule is CC(C)[C@H](NC(=O)C1CC(=O)N(CCN2CCOCC2)C1)C(=O)O. The van der Waals surface area contributed by atoms with Gasteiger partial charge in [-0.1, -0.05) is 13.8 Å². The van der Waals surface area contributed by atoms with Crippen molar-refractivity contribution in [2.24, 2.45) is 11.8 Å². The second-order valence-electron chi connectivity index (χ2n) is 6.76. The lowest BCUT2D eigenvalue weighted by Gasteiger charge is -2.28. The third kappa shape index (κ3) is 4.91. The Bertz CT molecular complexity index is 476. The Morgan fingerprint density at radius 3 is 2.54 bits per heavy atom. The van der Waals surface area contributed by atoms with E-state index in [1.807, 2.05) is 0 Å². The fourth-order valence-electron chi connectivity index (χ4n) is 3.04. The Kier molecular flexibility index (Phi) is 6.56. The number of hydrogen-bond donors (Lipinski definition) is 2. The largest absolute Gasteiger partial charge is 0.480 e. The Hall–Kier alpha value is -1.67. The van der Waals surface area contributed by atoms with E-state index in [0.717, 1.165) is 19.6 Å². The molecule has 1 unspecified atom stereocenters. The molecule has 0 aromatic rings. The molecule has 2 aliphatic rings. The number of carbonyl (C=O) groups is 3. The maximum Gasteiger partial charge on any atom is 0.326 e. The van der Waals surface area contributed by atoms with Crippen LogP contribution in [0.15, 0.2) is 0 Å². The van der Waals surface area contributed by atoms with Gasteiger partial charge in [0, 0.05) is 39.1 Å². The average molecular weight is 341 g/mol. The summed E-state index contributed by atoms with van der Waals surface area (Å²) in [7, 11) is 0. The van der Waals surface area contributed by atoms with Gasteiger partial charge in [0.05, 0.1) is 19.1 Å². The number of nitrogens with one attached hydrogen (secondary N) is 1. The minimum Gasteiger partial charge on any atom is -0.480 e. The number of carbonyl (C=O) groups excluding carboxylic acids is 2. The lowest BCUT2D eigenvalue weighted by molar-refractivity contribution is -0.143. The fraction of sp³-hybridized carbons (Fsp3) is 0.812. The molecular weight excluding hydrogens is 314 g/mol. The molecule has 2 saturated heterocycles. The van der Waals surface area contributed by atoms with Gasteiger partial charge < -0.3 is 20.1 Å². The van der Waals surface area contributed by atoms with Crippen LogP contribution in [0.25, 0.3) is 0 Å². The van der Waals surface area contributed by atoms with Gasteiger partial charge in [0.15, 0.2) is 0 Å². The van der Waals surface area contributed by atoms with Crippen LogP contribution in [0, 0.1) is 11.8 Å². The van der Waals surface area contributed by atoms with Gasteiger partial charge >= 0.3 is 5.97 Å². The molecule has 24 heavy (non-hydrogen) atoms. The van der Waals surface area contributed by atoms with E-state index in [9.17, 15) is 14.4 Å². The lowest BCUT2D eigenvalue weighted by atomic mass is 10.0. The molecule has 136 valence electrons. The molecule has 2 atom stereocenters. The number of morpholine rings is 1. The predicted octanol–water partition coefficient (Wildman–Crippen LogP) is -0.607. The fourth-order valence-corrected chi connectivity index (χ4v) is 3.04. The minimum absolute atomic E-state index is 0.0418. The van der Waals surface area contributed by atoms with E-state index in [1.165, 1.54) is 0 Å². The van der Waals surface area contributed by atoms with Crippen molar-refractivity contribution in [3.8, 4) is 0 Å². The van der Waals surface area contributed by atoms with Crippen LogP contribution in [0.2, 0.25) is 0 Å². The highest BCUT2D eigenvalue weighted by Gasteiger charge is 2.36. The van der Waals surface area contributed by atoms with Crippen LogP contribution < -0.4 is 5.32 Å². The molecule has 0 aliphatic carbocycles. The molecule has 8 heteroatoms. The topological polar surface area (TPSA) is 99.2 Å². The van der Waals surface area contributed by atoms with Crippen molar-refractivity contribution in [1.82, 2.24) is 15.1 Å². The molecule has 0 radical (unpaired) electrons. The molecule has 0 spiro atoms. The molecule has 2 rings (SSSR count). The molecule has 2 amide bonds. The van der Waals surface area contributed by atoms with Gasteiger partial charge in [-0.25, -0.2) is 4.79 Å². The summed E-state index contributed by atoms with van der Waals surface area (Å²) in [4.78, 5) is 39.5. The molecule has 2 fully saturated rings. The van der Waals surface area contributed by atoms with Gasteiger partial charge in [0.1, 0.15) is 6.04 Å². The summed E-state index contributed by atoms with van der Waals surface area (Å²) in [6, 6.07) is -0.921. The van der Waals surface area contributed by atoms with Crippen molar-refractivity contribution in [2.75, 3.05) is 45.9 Å². The quantitative estimate of drug-likeness (QED) is 0.641. The first-order valence-electron chi connectivity index (χ1n) is 8.49. The van der Waals surface area contributed by atoms with Crippen LogP contribution in [0.5, 0.6) is 0 Å². The Labute approximate surface area is 142 Å². The number of nitrogens with zero attached hydrogens (tertiary/aromatic N) is 2. The van der Waals surface area contributed by atoms with E-state index in [-0.39, 0.29) is 24.2 Å². The summed E-state index contributed by atoms with van der Waals surface area (Å²) in [6.45, 7) is 8.36. The second kappa shape index (κ2) is 8.43. The summed E-state index contributed by atoms with van der Waals surface area (Å²) in [5.41, 5.74) is 0. The van der Waals surface area contributed by atoms with E-state index >= 15 is 0 Å². The van der Waals surface area contributed by atoms with Crippen molar-refractivity contribution < 1.29 is 24.2 Å². The second-order valence-corrected chi connectivity index (χ2v) is 6.76. The highest BCUT2D eigenvalue weighted by atomic mass is 16.5. The van der Waals surface area contributed by atoms with Crippen LogP contribution in [0.3, 0.4) is 0 Å². The molecule has 2 heterocycles. The molecule has 0 bridgehead atoms. The zero-order chi connectivity index (χ0) is 17.7. The average Bonchev–Trinajstić information content (AvgIpc) is 2.92. The van der Waals surface area contributed by atoms with Gasteiger partial charge in [-0.05, 0) is 5.92 Å². The maximum atomic E-state index is 12.3. The van der Waals surface area contributed by atoms with Gasteiger partial charge in [0.25, 0.3) is 0 Å². The number of hydrogen-bond acceptors (Lipinski definition) is 5. The summed E-state index contributed by atoms with van der Waals surface area (Å²) < 4.78 is 5.29. The first kappa shape index (κ1) is 18.7. The van der Waals surface area contributed by atoms with Gasteiger partial charge in [-0.2, -0.15) is 0 Å². The van der Waals surface area contributed by atoms with E-state index in [2.05, 4.69) is 10.2 Å². The number of likely N-dealkylation sites (tertiary alicyclic amines) is 1. The summed E-state index contributed by atoms with van der Waals surface area (Å²) >= 11 is 0. The molecule has 8 nitrogen and oxygen atoms in total. The van der Waals surface area contributed by atoms with Crippen molar-refractivity contribution in [3.05, 3.63) is 0 Å². The Morgan fingerprint density at radius 2 is 1.96 bits per heavy atom. The summed E-state index contributed by atoms with van der Waals surface area (Å²) in [5, 5.41) is 11.7. The van der Waals surface area contributed by atoms with Gasteiger partial charge in [-0.15, -0.1) is 0 Å². The standard InChI is InChI=1S/C16H27N3O5/c1-11(2)14(16(22)23)17-15(21)12-9-13(20)19(10-12)4-3-18-5-7-24-8-6-18/h11-12,14H,3-10H2,1-2H3,(H,17,21)(H,22,23)/t12?,14-/m0/s1. The molecule has 0 aromatic heterocycles. The van der Waals surface area contributed by atoms with Crippen LogP contribution in [-0.2, 0) is 19.1 Å². The maximum absolute atomic E-state index is 12.3. The lowest BCUT2D eigenvalue weighted by Crippen LogP contribution is -2.47. The van der Waals surface area contributed by atoms with E-state index in [4.69, 9.17) is 9.84 Å². The highest BCUT2D eigenvalue weighted by Crippen LogP contribution is 2.18. The third-order valence-corrected chi connectivity index (χ3v) is 4.61. The highest BCUT2D eigenvalue weighted by molar-refractivity contribution is 5.91. The van der Waals surface area contributed by atoms with Crippen molar-refractivity contribution >= 4 is 17.8 Å². The van der Waals surface area contributed by atoms with Crippen LogP contribution in [0.1, 0.15) is 20.3 Å². The molecule has 0 aromatic carbocycles. The smallest absolute Gasteiger partial charge is 0.326 e. The number of amides is 2. The van der Waals surface area contributed by atoms with Crippen molar-refractivity contribution in [2.45, 2.75) is 26.3 Å². The van der Waals surface area contributed by atoms with Crippen LogP contribution in [0.4, 0.5) is 0 Å². The predicted molar refractivity (Wildman–Crippen MR) is 86.4 cm³/mol. The van der Waals surface area contributed by atoms with E-state index in [0.29, 0.717) is 26.3 Å². The molecule has 0 saturated carbocycles. The Morgan fingerprint density at radius 1 is 1.29 bits per heavy atom. The third-order valence-electron chi connectivity index (χ3n) is 4.61. The monoisotopic (exact) mass is 341 g/mol. The molecular formula is C16H27N3O5. The Balaban J connectivity index is 1.82. The first-order valence-corrected chi connectivity index (χ1v) is 8.49. The van der Waals surface area contributed by atoms with Crippen molar-refractivity contribution in [1.29, 1.82) is 0 Å². The summed E-state index contributed by atoms with van der Waals surface area (Å²) in [6.07, 6.45) is 0.152. The van der Waals surface area contributed by atoms with E-state index < -0.39 is 17.9 Å². The minimum atomic E-state index is -1.05. The number of rotatable bonds is 7. The molecule has 2 aliphatic heterocycles. The van der Waals surface area contributed by atoms with Crippen LogP contribution >= 0.6 is 0 Å². The van der Waals surface area contributed by atoms with Gasteiger partial charge in [0.2, 0.25) is 11.8 Å². The zero-order valence-electron chi connectivity index (χ0n) is 14.4. The zero-order valence-corrected chi connectivity index (χ0v) is 14.4. The normalized spacial score (nSPS) is 23.5.